The Labute approximate surface area is 208 Å². The molecule has 0 saturated heterocycles. The zero-order valence-corrected chi connectivity index (χ0v) is 20.9. The van der Waals surface area contributed by atoms with Crippen LogP contribution < -0.4 is 4.90 Å². The van der Waals surface area contributed by atoms with Gasteiger partial charge in [-0.2, -0.15) is 13.8 Å². The van der Waals surface area contributed by atoms with Crippen molar-refractivity contribution in [1.29, 1.82) is 0 Å². The standard InChI is InChI=1S/C25H26BrF4N3O2/c1-21(28,29)19-31-18(32-35-19)23-7-4-22(5-8-23,6-9-23)14-33(15-2-3-17(27)16(26)10-15)20(34)24-11-25(30,12-24)13-24/h2-3,10H,4-9,11-14H2,1H3. The third-order valence-corrected chi connectivity index (χ3v) is 9.66. The molecule has 8 rings (SSSR count). The van der Waals surface area contributed by atoms with Gasteiger partial charge in [-0.3, -0.25) is 4.79 Å². The molecule has 6 fully saturated rings. The molecule has 5 nitrogen and oxygen atoms in total. The lowest BCUT2D eigenvalue weighted by atomic mass is 9.41. The van der Waals surface area contributed by atoms with Crippen LogP contribution in [0.3, 0.4) is 0 Å². The maximum Gasteiger partial charge on any atom is 0.322 e. The number of hydrogen-bond acceptors (Lipinski definition) is 4. The van der Waals surface area contributed by atoms with E-state index in [1.54, 1.807) is 17.0 Å². The van der Waals surface area contributed by atoms with Crippen molar-refractivity contribution in [2.75, 3.05) is 11.4 Å². The predicted molar refractivity (Wildman–Crippen MR) is 122 cm³/mol. The Morgan fingerprint density at radius 1 is 1.14 bits per heavy atom. The first kappa shape index (κ1) is 23.4. The fraction of sp³-hybridized carbons (Fsp3) is 0.640. The number of halogens is 5. The number of fused-ring (bicyclic) bond motifs is 3. The van der Waals surface area contributed by atoms with Crippen molar-refractivity contribution in [3.8, 4) is 0 Å². The highest BCUT2D eigenvalue weighted by Gasteiger charge is 2.73. The quantitative estimate of drug-likeness (QED) is 0.377. The molecule has 1 aromatic heterocycles. The van der Waals surface area contributed by atoms with Crippen molar-refractivity contribution in [3.05, 3.63) is 40.2 Å². The van der Waals surface area contributed by atoms with E-state index >= 15 is 0 Å². The lowest BCUT2D eigenvalue weighted by molar-refractivity contribution is -0.211. The van der Waals surface area contributed by atoms with Gasteiger partial charge in [0.2, 0.25) is 5.91 Å². The number of benzene rings is 1. The molecule has 6 saturated carbocycles. The van der Waals surface area contributed by atoms with E-state index < -0.39 is 34.1 Å². The van der Waals surface area contributed by atoms with Gasteiger partial charge in [-0.1, -0.05) is 5.16 Å². The minimum absolute atomic E-state index is 0.0831. The Hall–Kier alpha value is -1.97. The van der Waals surface area contributed by atoms with Crippen molar-refractivity contribution in [1.82, 2.24) is 10.1 Å². The second kappa shape index (κ2) is 7.29. The van der Waals surface area contributed by atoms with Crippen LogP contribution in [0.25, 0.3) is 0 Å². The summed E-state index contributed by atoms with van der Waals surface area (Å²) in [5.74, 6) is -3.99. The van der Waals surface area contributed by atoms with Crippen LogP contribution >= 0.6 is 15.9 Å². The van der Waals surface area contributed by atoms with E-state index in [-0.39, 0.29) is 35.1 Å². The topological polar surface area (TPSA) is 59.2 Å². The predicted octanol–water partition coefficient (Wildman–Crippen LogP) is 6.60. The summed E-state index contributed by atoms with van der Waals surface area (Å²) < 4.78 is 60.6. The first-order chi connectivity index (χ1) is 16.4. The zero-order chi connectivity index (χ0) is 24.9. The molecule has 2 aromatic rings. The second-order valence-corrected chi connectivity index (χ2v) is 12.4. The number of rotatable bonds is 6. The highest BCUT2D eigenvalue weighted by Crippen LogP contribution is 2.70. The van der Waals surface area contributed by atoms with Crippen molar-refractivity contribution < 1.29 is 26.9 Å². The number of amides is 1. The van der Waals surface area contributed by atoms with Crippen LogP contribution in [0.15, 0.2) is 27.2 Å². The smallest absolute Gasteiger partial charge is 0.322 e. The molecule has 1 aromatic carbocycles. The van der Waals surface area contributed by atoms with Crippen LogP contribution in [-0.2, 0) is 16.1 Å². The van der Waals surface area contributed by atoms with Gasteiger partial charge in [0.25, 0.3) is 5.89 Å². The minimum atomic E-state index is -3.18. The van der Waals surface area contributed by atoms with E-state index in [1.807, 2.05) is 0 Å². The summed E-state index contributed by atoms with van der Waals surface area (Å²) in [7, 11) is 0. The number of carbonyl (C=O) groups is 1. The molecular weight excluding hydrogens is 530 g/mol. The van der Waals surface area contributed by atoms with Crippen LogP contribution in [0.4, 0.5) is 23.2 Å². The van der Waals surface area contributed by atoms with Gasteiger partial charge in [0.15, 0.2) is 5.82 Å². The molecule has 35 heavy (non-hydrogen) atoms. The van der Waals surface area contributed by atoms with Crippen LogP contribution in [-0.4, -0.2) is 28.3 Å². The highest BCUT2D eigenvalue weighted by atomic mass is 79.9. The fourth-order valence-corrected chi connectivity index (χ4v) is 7.27. The molecule has 0 spiro atoms. The summed E-state index contributed by atoms with van der Waals surface area (Å²) in [6, 6.07) is 4.55. The van der Waals surface area contributed by atoms with Crippen LogP contribution in [0.1, 0.15) is 76.4 Å². The monoisotopic (exact) mass is 555 g/mol. The van der Waals surface area contributed by atoms with E-state index in [4.69, 9.17) is 4.52 Å². The molecular formula is C25H26BrF4N3O2. The summed E-state index contributed by atoms with van der Waals surface area (Å²) in [5, 5.41) is 3.91. The molecule has 0 radical (unpaired) electrons. The van der Waals surface area contributed by atoms with E-state index in [0.717, 1.165) is 45.4 Å². The Kier molecular flexibility index (Phi) is 4.88. The van der Waals surface area contributed by atoms with E-state index in [0.29, 0.717) is 18.1 Å². The third-order valence-electron chi connectivity index (χ3n) is 9.05. The molecule has 188 valence electrons. The minimum Gasteiger partial charge on any atom is -0.333 e. The summed E-state index contributed by atoms with van der Waals surface area (Å²) in [6.45, 7) is 1.20. The number of alkyl halides is 3. The lowest BCUT2D eigenvalue weighted by Crippen LogP contribution is -2.71. The maximum atomic E-state index is 14.3. The van der Waals surface area contributed by atoms with Gasteiger partial charge in [-0.05, 0) is 97.3 Å². The first-order valence-corrected chi connectivity index (χ1v) is 12.8. The second-order valence-electron chi connectivity index (χ2n) is 11.5. The maximum absolute atomic E-state index is 14.3. The molecule has 6 aliphatic rings. The lowest BCUT2D eigenvalue weighted by Gasteiger charge is -2.65. The summed E-state index contributed by atoms with van der Waals surface area (Å²) in [6.07, 6.45) is 5.28. The van der Waals surface area contributed by atoms with Gasteiger partial charge in [-0.15, -0.1) is 0 Å². The summed E-state index contributed by atoms with van der Waals surface area (Å²) in [4.78, 5) is 19.5. The van der Waals surface area contributed by atoms with Crippen LogP contribution in [0.5, 0.6) is 0 Å². The number of nitrogens with zero attached hydrogens (tertiary/aromatic N) is 3. The van der Waals surface area contributed by atoms with Crippen molar-refractivity contribution >= 4 is 27.5 Å². The van der Waals surface area contributed by atoms with Gasteiger partial charge in [0.05, 0.1) is 9.89 Å². The van der Waals surface area contributed by atoms with Crippen molar-refractivity contribution in [2.24, 2.45) is 10.8 Å². The normalized spacial score (nSPS) is 35.4. The molecule has 0 atom stereocenters. The van der Waals surface area contributed by atoms with Crippen LogP contribution in [0, 0.1) is 16.6 Å². The Balaban J connectivity index is 1.24. The van der Waals surface area contributed by atoms with Gasteiger partial charge >= 0.3 is 5.92 Å². The van der Waals surface area contributed by atoms with Gasteiger partial charge in [0.1, 0.15) is 11.5 Å². The van der Waals surface area contributed by atoms with E-state index in [9.17, 15) is 22.4 Å². The number of carbonyl (C=O) groups excluding carboxylic acids is 1. The molecule has 6 aliphatic carbocycles. The molecule has 4 bridgehead atoms. The van der Waals surface area contributed by atoms with E-state index in [1.165, 1.54) is 6.07 Å². The van der Waals surface area contributed by atoms with E-state index in [2.05, 4.69) is 26.1 Å². The number of anilines is 1. The summed E-state index contributed by atoms with van der Waals surface area (Å²) in [5.41, 5.74) is -1.79. The first-order valence-electron chi connectivity index (χ1n) is 12.1. The largest absolute Gasteiger partial charge is 0.333 e. The molecule has 0 N–H and O–H groups in total. The Morgan fingerprint density at radius 2 is 1.77 bits per heavy atom. The van der Waals surface area contributed by atoms with Gasteiger partial charge < -0.3 is 9.42 Å². The zero-order valence-electron chi connectivity index (χ0n) is 19.4. The third kappa shape index (κ3) is 3.56. The van der Waals surface area contributed by atoms with Crippen molar-refractivity contribution in [2.45, 2.75) is 81.7 Å². The number of aromatic nitrogens is 2. The SMILES string of the molecule is CC(F)(F)c1nc(C23CCC(CN(C(=O)C45CC(F)(C4)C5)c4ccc(F)c(Br)c4)(CC2)CC3)no1. The summed E-state index contributed by atoms with van der Waals surface area (Å²) >= 11 is 3.23. The van der Waals surface area contributed by atoms with Gasteiger partial charge in [0, 0.05) is 24.6 Å². The van der Waals surface area contributed by atoms with Crippen molar-refractivity contribution in [3.63, 3.8) is 0 Å². The highest BCUT2D eigenvalue weighted by molar-refractivity contribution is 9.10. The number of hydrogen-bond donors (Lipinski definition) is 0. The molecule has 0 aliphatic heterocycles. The average molecular weight is 556 g/mol. The molecule has 10 heteroatoms. The van der Waals surface area contributed by atoms with Gasteiger partial charge in [-0.25, -0.2) is 8.78 Å². The van der Waals surface area contributed by atoms with Crippen LogP contribution in [0.2, 0.25) is 0 Å². The molecule has 1 heterocycles. The molecule has 1 amide bonds. The Bertz CT molecular complexity index is 1170. The average Bonchev–Trinajstić information content (AvgIpc) is 3.29. The fourth-order valence-electron chi connectivity index (χ4n) is 6.90. The molecule has 0 unspecified atom stereocenters. The Morgan fingerprint density at radius 3 is 2.29 bits per heavy atom.